The first kappa shape index (κ1) is 15.8. The Labute approximate surface area is 114 Å². The van der Waals surface area contributed by atoms with Crippen molar-refractivity contribution in [3.8, 4) is 0 Å². The van der Waals surface area contributed by atoms with E-state index in [-0.39, 0.29) is 0 Å². The monoisotopic (exact) mass is 526 g/mol. The van der Waals surface area contributed by atoms with Crippen LogP contribution >= 0.6 is 70.4 Å². The number of halogens is 10. The molecule has 0 saturated carbocycles. The van der Waals surface area contributed by atoms with Crippen LogP contribution in [0.3, 0.4) is 0 Å². The molecular weight excluding hydrogens is 529 g/mol. The Morgan fingerprint density at radius 3 is 1.07 bits per heavy atom. The first-order chi connectivity index (χ1) is 5.75. The molecule has 0 bridgehead atoms. The summed E-state index contributed by atoms with van der Waals surface area (Å²) < 4.78 is 67.0. The van der Waals surface area contributed by atoms with Gasteiger partial charge in [-0.25, -0.2) is 0 Å². The van der Waals surface area contributed by atoms with E-state index in [9.17, 15) is 26.3 Å². The van der Waals surface area contributed by atoms with Crippen molar-refractivity contribution >= 4 is 70.4 Å². The summed E-state index contributed by atoms with van der Waals surface area (Å²) in [4.78, 5) is 0. The van der Waals surface area contributed by atoms with Crippen molar-refractivity contribution in [3.05, 3.63) is 0 Å². The minimum absolute atomic E-state index is 0.628. The first-order valence-electron chi connectivity index (χ1n) is 2.64. The standard InChI is InChI=1S/C4Br3F6I/c5-1(6,3(8,9)10)2(7,14)4(11,12)13. The highest BCUT2D eigenvalue weighted by molar-refractivity contribution is 14.1. The Morgan fingerprint density at radius 1 is 0.714 bits per heavy atom. The van der Waals surface area contributed by atoms with Gasteiger partial charge in [0, 0.05) is 0 Å². The maximum Gasteiger partial charge on any atom is 0.416 e. The quantitative estimate of drug-likeness (QED) is 0.252. The lowest BCUT2D eigenvalue weighted by Crippen LogP contribution is -2.54. The van der Waals surface area contributed by atoms with Gasteiger partial charge in [-0.05, 0) is 0 Å². The average Bonchev–Trinajstić information content (AvgIpc) is 1.81. The smallest absolute Gasteiger partial charge is 0.168 e. The normalized spacial score (nSPS) is 19.3. The van der Waals surface area contributed by atoms with Gasteiger partial charge in [0.25, 0.3) is 0 Å². The third kappa shape index (κ3) is 2.70. The molecule has 0 rings (SSSR count). The highest BCUT2D eigenvalue weighted by Crippen LogP contribution is 2.63. The van der Waals surface area contributed by atoms with Crippen LogP contribution in [0.5, 0.6) is 0 Å². The molecule has 14 heavy (non-hydrogen) atoms. The fourth-order valence-electron chi connectivity index (χ4n) is 0.356. The molecule has 0 amide bonds. The number of hydrogen-bond acceptors (Lipinski definition) is 0. The molecule has 0 saturated heterocycles. The van der Waals surface area contributed by atoms with Gasteiger partial charge in [-0.3, -0.25) is 0 Å². The van der Waals surface area contributed by atoms with Gasteiger partial charge in [0.15, 0.2) is 0 Å². The summed E-state index contributed by atoms with van der Waals surface area (Å²) in [5.41, 5.74) is 0. The van der Waals surface area contributed by atoms with Gasteiger partial charge >= 0.3 is 12.4 Å². The van der Waals surface area contributed by atoms with E-state index in [1.165, 1.54) is 0 Å². The molecule has 10 heteroatoms. The highest BCUT2D eigenvalue weighted by atomic mass is 127. The van der Waals surface area contributed by atoms with E-state index < -0.39 is 17.9 Å². The van der Waals surface area contributed by atoms with Crippen molar-refractivity contribution in [2.75, 3.05) is 0 Å². The SMILES string of the molecule is FC(F)(F)C(Br)(Br)C(Br)(I)C(F)(F)F. The zero-order valence-electron chi connectivity index (χ0n) is 5.78. The molecule has 0 aromatic heterocycles. The van der Waals surface area contributed by atoms with Crippen LogP contribution in [0.15, 0.2) is 0 Å². The van der Waals surface area contributed by atoms with Gasteiger partial charge in [0.1, 0.15) is 0 Å². The molecular formula is C4Br3F6I. The fraction of sp³-hybridized carbons (Fsp3) is 1.00. The minimum atomic E-state index is -5.10. The second kappa shape index (κ2) is 4.21. The lowest BCUT2D eigenvalue weighted by molar-refractivity contribution is -0.180. The van der Waals surface area contributed by atoms with Gasteiger partial charge in [-0.15, -0.1) is 0 Å². The lowest BCUT2D eigenvalue weighted by Gasteiger charge is -2.36. The van der Waals surface area contributed by atoms with Gasteiger partial charge in [-0.2, -0.15) is 26.3 Å². The summed E-state index contributed by atoms with van der Waals surface area (Å²) in [7, 11) is 0. The van der Waals surface area contributed by atoms with Crippen molar-refractivity contribution in [1.29, 1.82) is 0 Å². The molecule has 0 aromatic rings. The van der Waals surface area contributed by atoms with Crippen LogP contribution in [0.1, 0.15) is 0 Å². The van der Waals surface area contributed by atoms with Crippen molar-refractivity contribution in [1.82, 2.24) is 0 Å². The van der Waals surface area contributed by atoms with Crippen LogP contribution in [0.25, 0.3) is 0 Å². The van der Waals surface area contributed by atoms with Crippen LogP contribution in [0.4, 0.5) is 26.3 Å². The molecule has 0 nitrogen and oxygen atoms in total. The van der Waals surface area contributed by atoms with Crippen LogP contribution in [0.2, 0.25) is 0 Å². The second-order valence-electron chi connectivity index (χ2n) is 2.14. The lowest BCUT2D eigenvalue weighted by atomic mass is 10.3. The van der Waals surface area contributed by atoms with Crippen molar-refractivity contribution in [3.63, 3.8) is 0 Å². The van der Waals surface area contributed by atoms with E-state index in [2.05, 4.69) is 0 Å². The highest BCUT2D eigenvalue weighted by Gasteiger charge is 2.73. The molecule has 1 atom stereocenters. The number of hydrogen-bond donors (Lipinski definition) is 0. The molecule has 0 fully saturated rings. The summed E-state index contributed by atoms with van der Waals surface area (Å²) in [5, 5.41) is 0. The fourth-order valence-corrected chi connectivity index (χ4v) is 1.34. The van der Waals surface area contributed by atoms with E-state index in [0.29, 0.717) is 22.6 Å². The van der Waals surface area contributed by atoms with Gasteiger partial charge in [0.05, 0.1) is 0 Å². The molecule has 0 radical (unpaired) electrons. The molecule has 0 spiro atoms. The Hall–Kier alpha value is 1.75. The van der Waals surface area contributed by atoms with E-state index in [1.807, 2.05) is 47.8 Å². The zero-order valence-corrected chi connectivity index (χ0v) is 12.7. The van der Waals surface area contributed by atoms with Crippen LogP contribution in [0, 0.1) is 0 Å². The Bertz CT molecular complexity index is 194. The molecule has 0 aliphatic heterocycles. The van der Waals surface area contributed by atoms with Crippen molar-refractivity contribution < 1.29 is 26.3 Å². The molecule has 0 aliphatic rings. The Balaban J connectivity index is 5.30. The zero-order chi connectivity index (χ0) is 12.0. The van der Waals surface area contributed by atoms with Gasteiger partial charge in [-0.1, -0.05) is 70.4 Å². The van der Waals surface area contributed by atoms with Crippen LogP contribution < -0.4 is 0 Å². The number of rotatable bonds is 1. The summed E-state index contributed by atoms with van der Waals surface area (Å²) in [6.07, 6.45) is -10.2. The summed E-state index contributed by atoms with van der Waals surface area (Å²) in [5.74, 6) is 0. The van der Waals surface area contributed by atoms with Crippen molar-refractivity contribution in [2.24, 2.45) is 0 Å². The Morgan fingerprint density at radius 2 is 1.00 bits per heavy atom. The maximum absolute atomic E-state index is 12.2. The van der Waals surface area contributed by atoms with Gasteiger partial charge < -0.3 is 0 Å². The molecule has 0 heterocycles. The van der Waals surface area contributed by atoms with Crippen molar-refractivity contribution in [2.45, 2.75) is 17.9 Å². The van der Waals surface area contributed by atoms with Crippen LogP contribution in [-0.4, -0.2) is 17.9 Å². The topological polar surface area (TPSA) is 0 Å². The van der Waals surface area contributed by atoms with E-state index in [0.717, 1.165) is 0 Å². The largest absolute Gasteiger partial charge is 0.416 e. The maximum atomic E-state index is 12.2. The first-order valence-corrected chi connectivity index (χ1v) is 6.10. The summed E-state index contributed by atoms with van der Waals surface area (Å²) in [6.45, 7) is 0. The third-order valence-electron chi connectivity index (χ3n) is 1.11. The minimum Gasteiger partial charge on any atom is -0.168 e. The van der Waals surface area contributed by atoms with E-state index >= 15 is 0 Å². The van der Waals surface area contributed by atoms with E-state index in [4.69, 9.17) is 0 Å². The predicted molar refractivity (Wildman–Crippen MR) is 58.4 cm³/mol. The summed E-state index contributed by atoms with van der Waals surface area (Å²) >= 11 is 6.59. The predicted octanol–water partition coefficient (Wildman–Crippen LogP) is 5.12. The molecule has 1 unspecified atom stereocenters. The van der Waals surface area contributed by atoms with E-state index in [1.54, 1.807) is 0 Å². The Kier molecular flexibility index (Phi) is 4.73. The average molecular weight is 529 g/mol. The second-order valence-corrected chi connectivity index (χ2v) is 9.88. The molecule has 0 N–H and O–H groups in total. The number of alkyl halides is 10. The van der Waals surface area contributed by atoms with Gasteiger partial charge in [0.2, 0.25) is 5.56 Å². The molecule has 0 aromatic carbocycles. The summed E-state index contributed by atoms with van der Waals surface area (Å²) in [6, 6.07) is 0. The third-order valence-corrected chi connectivity index (χ3v) is 8.21. The molecule has 86 valence electrons. The molecule has 0 aliphatic carbocycles. The van der Waals surface area contributed by atoms with Crippen LogP contribution in [-0.2, 0) is 0 Å².